The van der Waals surface area contributed by atoms with E-state index < -0.39 is 0 Å². The van der Waals surface area contributed by atoms with E-state index in [0.717, 1.165) is 43.9 Å². The molecule has 28 heavy (non-hydrogen) atoms. The molecule has 0 radical (unpaired) electrons. The van der Waals surface area contributed by atoms with Crippen LogP contribution in [0, 0.1) is 17.2 Å². The fourth-order valence-electron chi connectivity index (χ4n) is 3.59. The number of unbranched alkanes of at least 4 members (excludes halogenated alkanes) is 2. The van der Waals surface area contributed by atoms with Crippen LogP contribution >= 0.6 is 0 Å². The van der Waals surface area contributed by atoms with E-state index in [9.17, 15) is 4.79 Å². The van der Waals surface area contributed by atoms with Gasteiger partial charge in [-0.25, -0.2) is 4.98 Å². The van der Waals surface area contributed by atoms with Crippen molar-refractivity contribution in [2.24, 2.45) is 5.92 Å². The van der Waals surface area contributed by atoms with Crippen LogP contribution in [0.25, 0.3) is 0 Å². The minimum Gasteiger partial charge on any atom is -0.357 e. The maximum Gasteiger partial charge on any atom is 0.227 e. The zero-order valence-electron chi connectivity index (χ0n) is 16.5. The molecule has 0 aliphatic carbocycles. The number of carbonyl (C=O) groups excluding carboxylic acids is 1. The lowest BCUT2D eigenvalue weighted by atomic mass is 9.95. The molecule has 1 aliphatic rings. The maximum absolute atomic E-state index is 12.6. The quantitative estimate of drug-likeness (QED) is 0.720. The topological polar surface area (TPSA) is 69.0 Å². The van der Waals surface area contributed by atoms with Crippen LogP contribution < -0.4 is 10.2 Å². The average Bonchev–Trinajstić information content (AvgIpc) is 2.75. The van der Waals surface area contributed by atoms with Gasteiger partial charge in [-0.3, -0.25) is 4.79 Å². The maximum atomic E-state index is 12.6. The normalized spacial score (nSPS) is 14.5. The summed E-state index contributed by atoms with van der Waals surface area (Å²) in [4.78, 5) is 19.1. The summed E-state index contributed by atoms with van der Waals surface area (Å²) < 4.78 is 0. The average molecular weight is 377 g/mol. The van der Waals surface area contributed by atoms with E-state index in [0.29, 0.717) is 5.56 Å². The molecule has 2 heterocycles. The van der Waals surface area contributed by atoms with Gasteiger partial charge in [0.1, 0.15) is 11.9 Å². The van der Waals surface area contributed by atoms with Crippen molar-refractivity contribution in [1.29, 1.82) is 5.26 Å². The molecule has 1 aromatic heterocycles. The summed E-state index contributed by atoms with van der Waals surface area (Å²) in [5.41, 5.74) is 2.77. The molecular weight excluding hydrogens is 348 g/mol. The van der Waals surface area contributed by atoms with Gasteiger partial charge in [0, 0.05) is 30.9 Å². The molecule has 0 atom stereocenters. The second kappa shape index (κ2) is 9.89. The number of hydrogen-bond donors (Lipinski definition) is 1. The minimum atomic E-state index is 0.0267. The van der Waals surface area contributed by atoms with Gasteiger partial charge in [-0.1, -0.05) is 31.9 Å². The number of rotatable bonds is 7. The van der Waals surface area contributed by atoms with E-state index in [2.05, 4.69) is 40.3 Å². The zero-order chi connectivity index (χ0) is 19.8. The van der Waals surface area contributed by atoms with Gasteiger partial charge >= 0.3 is 0 Å². The largest absolute Gasteiger partial charge is 0.357 e. The van der Waals surface area contributed by atoms with Crippen molar-refractivity contribution in [3.63, 3.8) is 0 Å². The number of anilines is 2. The Hall–Kier alpha value is -2.87. The molecule has 1 N–H and O–H groups in total. The van der Waals surface area contributed by atoms with Crippen molar-refractivity contribution in [3.05, 3.63) is 53.7 Å². The second-order valence-corrected chi connectivity index (χ2v) is 7.42. The Morgan fingerprint density at radius 2 is 1.93 bits per heavy atom. The number of nitrogens with one attached hydrogen (secondary N) is 1. The molecule has 1 saturated heterocycles. The summed E-state index contributed by atoms with van der Waals surface area (Å²) in [5.74, 6) is 1.00. The van der Waals surface area contributed by atoms with Gasteiger partial charge in [-0.15, -0.1) is 0 Å². The highest BCUT2D eigenvalue weighted by atomic mass is 16.1. The van der Waals surface area contributed by atoms with E-state index in [1.54, 1.807) is 12.3 Å². The Balaban J connectivity index is 1.47. The molecule has 0 spiro atoms. The fourth-order valence-corrected chi connectivity index (χ4v) is 3.59. The smallest absolute Gasteiger partial charge is 0.227 e. The van der Waals surface area contributed by atoms with E-state index in [4.69, 9.17) is 5.26 Å². The third-order valence-electron chi connectivity index (χ3n) is 5.36. The predicted octanol–water partition coefficient (Wildman–Crippen LogP) is 4.54. The van der Waals surface area contributed by atoms with E-state index in [1.165, 1.54) is 24.8 Å². The lowest BCUT2D eigenvalue weighted by Crippen LogP contribution is -2.38. The van der Waals surface area contributed by atoms with Gasteiger partial charge in [0.05, 0.1) is 5.56 Å². The van der Waals surface area contributed by atoms with Crippen LogP contribution in [0.15, 0.2) is 42.6 Å². The highest BCUT2D eigenvalue weighted by Crippen LogP contribution is 2.23. The summed E-state index contributed by atoms with van der Waals surface area (Å²) in [7, 11) is 0. The first-order valence-corrected chi connectivity index (χ1v) is 10.2. The van der Waals surface area contributed by atoms with Crippen molar-refractivity contribution in [3.8, 4) is 6.07 Å². The number of aryl methyl sites for hydroxylation is 1. The van der Waals surface area contributed by atoms with Crippen LogP contribution in [0.4, 0.5) is 11.5 Å². The molecule has 3 rings (SSSR count). The molecule has 0 saturated carbocycles. The molecule has 1 aromatic carbocycles. The molecular formula is C23H28N4O. The molecule has 1 aliphatic heterocycles. The number of aromatic nitrogens is 1. The van der Waals surface area contributed by atoms with Crippen molar-refractivity contribution >= 4 is 17.4 Å². The predicted molar refractivity (Wildman–Crippen MR) is 112 cm³/mol. The van der Waals surface area contributed by atoms with Gasteiger partial charge in [-0.05, 0) is 55.5 Å². The molecule has 146 valence electrons. The standard InChI is InChI=1S/C23H28N4O/c1-2-3-4-5-18-6-9-21(10-7-18)26-23(28)20-12-14-27(15-13-20)22-11-8-19(16-24)17-25-22/h6-11,17,20H,2-5,12-15H2,1H3,(H,26,28). The monoisotopic (exact) mass is 376 g/mol. The highest BCUT2D eigenvalue weighted by molar-refractivity contribution is 5.92. The van der Waals surface area contributed by atoms with Gasteiger partial charge in [0.25, 0.3) is 0 Å². The number of carbonyl (C=O) groups is 1. The van der Waals surface area contributed by atoms with Crippen molar-refractivity contribution in [1.82, 2.24) is 4.98 Å². The Bertz CT molecular complexity index is 800. The Morgan fingerprint density at radius 3 is 2.54 bits per heavy atom. The number of nitrogens with zero attached hydrogens (tertiary/aromatic N) is 3. The molecule has 0 bridgehead atoms. The lowest BCUT2D eigenvalue weighted by Gasteiger charge is -2.32. The number of nitriles is 1. The van der Waals surface area contributed by atoms with Crippen molar-refractivity contribution in [2.45, 2.75) is 45.4 Å². The van der Waals surface area contributed by atoms with E-state index in [-0.39, 0.29) is 11.8 Å². The summed E-state index contributed by atoms with van der Waals surface area (Å²) in [6.45, 7) is 3.81. The molecule has 1 fully saturated rings. The van der Waals surface area contributed by atoms with Crippen molar-refractivity contribution < 1.29 is 4.79 Å². The molecule has 5 nitrogen and oxygen atoms in total. The molecule has 2 aromatic rings. The fraction of sp³-hybridized carbons (Fsp3) is 0.435. The van der Waals surface area contributed by atoms with E-state index >= 15 is 0 Å². The first-order chi connectivity index (χ1) is 13.7. The first kappa shape index (κ1) is 19.9. The SMILES string of the molecule is CCCCCc1ccc(NC(=O)C2CCN(c3ccc(C#N)cn3)CC2)cc1. The van der Waals surface area contributed by atoms with E-state index in [1.807, 2.05) is 18.2 Å². The number of amides is 1. The zero-order valence-corrected chi connectivity index (χ0v) is 16.5. The minimum absolute atomic E-state index is 0.0267. The van der Waals surface area contributed by atoms with Crippen LogP contribution in [0.1, 0.15) is 50.2 Å². The van der Waals surface area contributed by atoms with Crippen LogP contribution in [0.3, 0.4) is 0 Å². The number of pyridine rings is 1. The summed E-state index contributed by atoms with van der Waals surface area (Å²) in [6.07, 6.45) is 8.02. The number of piperidine rings is 1. The van der Waals surface area contributed by atoms with Gasteiger partial charge in [0.2, 0.25) is 5.91 Å². The Morgan fingerprint density at radius 1 is 1.18 bits per heavy atom. The summed E-state index contributed by atoms with van der Waals surface area (Å²) in [5, 5.41) is 11.9. The third kappa shape index (κ3) is 5.32. The Kier molecular flexibility index (Phi) is 7.02. The Labute approximate surface area is 167 Å². The lowest BCUT2D eigenvalue weighted by molar-refractivity contribution is -0.120. The van der Waals surface area contributed by atoms with Gasteiger partial charge in [-0.2, -0.15) is 5.26 Å². The molecule has 5 heteroatoms. The van der Waals surface area contributed by atoms with Crippen LogP contribution in [-0.4, -0.2) is 24.0 Å². The third-order valence-corrected chi connectivity index (χ3v) is 5.36. The highest BCUT2D eigenvalue weighted by Gasteiger charge is 2.25. The molecule has 1 amide bonds. The van der Waals surface area contributed by atoms with Gasteiger partial charge in [0.15, 0.2) is 0 Å². The first-order valence-electron chi connectivity index (χ1n) is 10.2. The van der Waals surface area contributed by atoms with Crippen LogP contribution in [0.2, 0.25) is 0 Å². The van der Waals surface area contributed by atoms with Crippen molar-refractivity contribution in [2.75, 3.05) is 23.3 Å². The van der Waals surface area contributed by atoms with Gasteiger partial charge < -0.3 is 10.2 Å². The molecule has 0 unspecified atom stereocenters. The number of benzene rings is 1. The number of hydrogen-bond acceptors (Lipinski definition) is 4. The van der Waals surface area contributed by atoms with Crippen LogP contribution in [-0.2, 0) is 11.2 Å². The summed E-state index contributed by atoms with van der Waals surface area (Å²) >= 11 is 0. The second-order valence-electron chi connectivity index (χ2n) is 7.42. The summed E-state index contributed by atoms with van der Waals surface area (Å²) in [6, 6.07) is 14.0. The van der Waals surface area contributed by atoms with Crippen LogP contribution in [0.5, 0.6) is 0 Å².